The molecule has 8 N–H and O–H groups in total. The van der Waals surface area contributed by atoms with E-state index in [2.05, 4.69) is 21.3 Å². The van der Waals surface area contributed by atoms with Gasteiger partial charge in [-0.1, -0.05) is 111 Å². The quantitative estimate of drug-likeness (QED) is 0.0843. The van der Waals surface area contributed by atoms with Gasteiger partial charge >= 0.3 is 6.09 Å². The summed E-state index contributed by atoms with van der Waals surface area (Å²) in [6.45, 7) is 3.98. The predicted molar refractivity (Wildman–Crippen MR) is 211 cm³/mol. The fourth-order valence-electron chi connectivity index (χ4n) is 6.76. The molecule has 0 aromatic heterocycles. The average molecular weight is 773 g/mol. The van der Waals surface area contributed by atoms with Crippen LogP contribution in [0.3, 0.4) is 0 Å². The van der Waals surface area contributed by atoms with E-state index in [9.17, 15) is 34.2 Å². The number of nitrogens with zero attached hydrogens (tertiary/aromatic N) is 1. The first-order valence-corrected chi connectivity index (χ1v) is 19.2. The minimum atomic E-state index is -1.38. The molecule has 5 amide bonds. The highest BCUT2D eigenvalue weighted by atomic mass is 16.5. The molecule has 3 aromatic rings. The molecule has 7 atom stereocenters. The normalized spacial score (nSPS) is 17.3. The second-order valence-corrected chi connectivity index (χ2v) is 14.4. The summed E-state index contributed by atoms with van der Waals surface area (Å²) >= 11 is 0. The molecule has 1 aliphatic rings. The molecule has 14 nitrogen and oxygen atoms in total. The summed E-state index contributed by atoms with van der Waals surface area (Å²) in [5.74, 6) is -2.53. The summed E-state index contributed by atoms with van der Waals surface area (Å²) in [5, 5.41) is 32.8. The molecule has 1 heterocycles. The van der Waals surface area contributed by atoms with Crippen LogP contribution in [0.4, 0.5) is 4.79 Å². The van der Waals surface area contributed by atoms with Crippen LogP contribution in [0.15, 0.2) is 91.0 Å². The maximum Gasteiger partial charge on any atom is 0.408 e. The van der Waals surface area contributed by atoms with Crippen molar-refractivity contribution < 1.29 is 38.9 Å². The summed E-state index contributed by atoms with van der Waals surface area (Å²) in [5.41, 5.74) is 7.94. The zero-order valence-electron chi connectivity index (χ0n) is 32.1. The van der Waals surface area contributed by atoms with Crippen molar-refractivity contribution in [2.75, 3.05) is 19.7 Å². The number of likely N-dealkylation sites (tertiary alicyclic amines) is 1. The largest absolute Gasteiger partial charge is 0.445 e. The Kier molecular flexibility index (Phi) is 17.3. The monoisotopic (exact) mass is 772 g/mol. The molecule has 0 saturated carbocycles. The lowest BCUT2D eigenvalue weighted by Gasteiger charge is -2.33. The number of nitrogens with two attached hydrogens (primary N) is 1. The third-order valence-electron chi connectivity index (χ3n) is 10.1. The minimum absolute atomic E-state index is 0.00670. The van der Waals surface area contributed by atoms with E-state index in [-0.39, 0.29) is 43.9 Å². The molecule has 14 heteroatoms. The maximum atomic E-state index is 13.9. The first-order chi connectivity index (χ1) is 27.0. The fourth-order valence-corrected chi connectivity index (χ4v) is 6.76. The Labute approximate surface area is 328 Å². The summed E-state index contributed by atoms with van der Waals surface area (Å²) in [7, 11) is 0. The van der Waals surface area contributed by atoms with E-state index in [4.69, 9.17) is 10.5 Å². The van der Waals surface area contributed by atoms with E-state index in [0.717, 1.165) is 16.7 Å². The number of rotatable bonds is 21. The summed E-state index contributed by atoms with van der Waals surface area (Å²) in [4.78, 5) is 67.6. The summed E-state index contributed by atoms with van der Waals surface area (Å²) in [6.07, 6.45) is -0.220. The van der Waals surface area contributed by atoms with Crippen molar-refractivity contribution in [3.63, 3.8) is 0 Å². The number of ether oxygens (including phenoxy) is 1. The standard InChI is InChI=1S/C42H56N6O8/c1-3-28(2)38(41(54)44-32(26-49)22-29-14-7-4-8-15-29)47-40(53)35-20-13-21-48(35)25-36(50)33(23-30-16-9-5-10-17-30)45-39(52)34(24-37(43)51)46-42(55)56-27-31-18-11-6-12-19-31/h4-12,14-19,28,32-36,38,49-50H,3,13,20-27H2,1-2H3,(H2,43,51)(H,44,54)(H,45,52)(H,46,55)(H,47,53)/t28?,32?,33-,34?,35?,36-,38?/m0/s1. The van der Waals surface area contributed by atoms with E-state index in [0.29, 0.717) is 32.2 Å². The van der Waals surface area contributed by atoms with Crippen LogP contribution in [0.2, 0.25) is 0 Å². The topological polar surface area (TPSA) is 212 Å². The highest BCUT2D eigenvalue weighted by molar-refractivity contribution is 5.91. The van der Waals surface area contributed by atoms with Crippen LogP contribution in [0.25, 0.3) is 0 Å². The number of amides is 5. The number of alkyl carbamates (subject to hydrolysis) is 1. The first kappa shape index (κ1) is 43.4. The van der Waals surface area contributed by atoms with Gasteiger partial charge in [0.2, 0.25) is 23.6 Å². The van der Waals surface area contributed by atoms with Gasteiger partial charge in [0.25, 0.3) is 0 Å². The van der Waals surface area contributed by atoms with Gasteiger partial charge < -0.3 is 42.0 Å². The lowest BCUT2D eigenvalue weighted by Crippen LogP contribution is -2.58. The van der Waals surface area contributed by atoms with Crippen molar-refractivity contribution in [1.82, 2.24) is 26.2 Å². The molecule has 1 fully saturated rings. The predicted octanol–water partition coefficient (Wildman–Crippen LogP) is 1.96. The first-order valence-electron chi connectivity index (χ1n) is 19.2. The van der Waals surface area contributed by atoms with Crippen LogP contribution in [-0.2, 0) is 43.4 Å². The number of primary amides is 1. The molecular weight excluding hydrogens is 716 g/mol. The van der Waals surface area contributed by atoms with Crippen molar-refractivity contribution in [3.05, 3.63) is 108 Å². The molecule has 0 radical (unpaired) electrons. The van der Waals surface area contributed by atoms with Crippen molar-refractivity contribution in [3.8, 4) is 0 Å². The van der Waals surface area contributed by atoms with Crippen molar-refractivity contribution in [2.45, 2.75) is 95.3 Å². The number of aliphatic hydroxyl groups excluding tert-OH is 2. The third-order valence-corrected chi connectivity index (χ3v) is 10.1. The van der Waals surface area contributed by atoms with Gasteiger partial charge in [0.1, 0.15) is 18.7 Å². The zero-order valence-corrected chi connectivity index (χ0v) is 32.1. The van der Waals surface area contributed by atoms with Gasteiger partial charge in [0.15, 0.2) is 0 Å². The van der Waals surface area contributed by atoms with Crippen LogP contribution in [0.1, 0.15) is 56.2 Å². The molecule has 0 bridgehead atoms. The molecule has 3 aromatic carbocycles. The number of carbonyl (C=O) groups is 5. The van der Waals surface area contributed by atoms with Crippen LogP contribution >= 0.6 is 0 Å². The fraction of sp³-hybridized carbons (Fsp3) is 0.452. The van der Waals surface area contributed by atoms with Crippen molar-refractivity contribution in [1.29, 1.82) is 0 Å². The second-order valence-electron chi connectivity index (χ2n) is 14.4. The number of carbonyl (C=O) groups excluding carboxylic acids is 5. The SMILES string of the molecule is CCC(C)C(NC(=O)C1CCCN1C[C@H](O)[C@H](Cc1ccccc1)NC(=O)C(CC(N)=O)NC(=O)OCc1ccccc1)C(=O)NC(CO)Cc1ccccc1. The molecule has 56 heavy (non-hydrogen) atoms. The Morgan fingerprint density at radius 2 is 1.41 bits per heavy atom. The van der Waals surface area contributed by atoms with E-state index in [1.807, 2.05) is 85.5 Å². The third kappa shape index (κ3) is 13.8. The lowest BCUT2D eigenvalue weighted by atomic mass is 9.96. The minimum Gasteiger partial charge on any atom is -0.445 e. The Morgan fingerprint density at radius 1 is 0.821 bits per heavy atom. The molecule has 4 rings (SSSR count). The Morgan fingerprint density at radius 3 is 1.98 bits per heavy atom. The lowest BCUT2D eigenvalue weighted by molar-refractivity contribution is -0.133. The van der Waals surface area contributed by atoms with Crippen LogP contribution in [0.5, 0.6) is 0 Å². The van der Waals surface area contributed by atoms with Crippen LogP contribution in [0, 0.1) is 5.92 Å². The van der Waals surface area contributed by atoms with Crippen molar-refractivity contribution >= 4 is 29.7 Å². The number of hydrogen-bond acceptors (Lipinski definition) is 9. The number of β-amino-alcohol motifs (C(OH)–C–C–N with tert-alkyl or cyclic N) is 1. The molecule has 1 aliphatic heterocycles. The highest BCUT2D eigenvalue weighted by Gasteiger charge is 2.37. The number of benzene rings is 3. The van der Waals surface area contributed by atoms with Gasteiger partial charge in [-0.3, -0.25) is 24.1 Å². The summed E-state index contributed by atoms with van der Waals surface area (Å²) < 4.78 is 5.26. The summed E-state index contributed by atoms with van der Waals surface area (Å²) in [6, 6.07) is 23.3. The van der Waals surface area contributed by atoms with E-state index >= 15 is 0 Å². The van der Waals surface area contributed by atoms with Gasteiger partial charge in [-0.25, -0.2) is 4.79 Å². The highest BCUT2D eigenvalue weighted by Crippen LogP contribution is 2.21. The van der Waals surface area contributed by atoms with E-state index in [1.165, 1.54) is 0 Å². The number of aliphatic hydroxyl groups is 2. The molecule has 1 saturated heterocycles. The van der Waals surface area contributed by atoms with E-state index < -0.39 is 60.6 Å². The van der Waals surface area contributed by atoms with Crippen LogP contribution < -0.4 is 27.0 Å². The second kappa shape index (κ2) is 22.3. The van der Waals surface area contributed by atoms with Gasteiger partial charge in [-0.15, -0.1) is 0 Å². The Hall–Kier alpha value is -5.31. The van der Waals surface area contributed by atoms with E-state index in [1.54, 1.807) is 24.3 Å². The van der Waals surface area contributed by atoms with Gasteiger partial charge in [-0.05, 0) is 54.8 Å². The molecule has 0 spiro atoms. The Balaban J connectivity index is 1.43. The molecular formula is C42H56N6O8. The molecule has 302 valence electrons. The number of nitrogens with one attached hydrogen (secondary N) is 4. The maximum absolute atomic E-state index is 13.9. The smallest absolute Gasteiger partial charge is 0.408 e. The van der Waals surface area contributed by atoms with Gasteiger partial charge in [-0.2, -0.15) is 0 Å². The number of hydrogen-bond donors (Lipinski definition) is 7. The van der Waals surface area contributed by atoms with Crippen molar-refractivity contribution in [2.24, 2.45) is 11.7 Å². The zero-order chi connectivity index (χ0) is 40.5. The average Bonchev–Trinajstić information content (AvgIpc) is 3.67. The molecule has 5 unspecified atom stereocenters. The van der Waals surface area contributed by atoms with Gasteiger partial charge in [0.05, 0.1) is 37.3 Å². The molecule has 0 aliphatic carbocycles. The van der Waals surface area contributed by atoms with Gasteiger partial charge in [0, 0.05) is 6.54 Å². The van der Waals surface area contributed by atoms with Crippen LogP contribution in [-0.4, -0.2) is 101 Å². The Bertz CT molecular complexity index is 1700.